The van der Waals surface area contributed by atoms with Crippen molar-refractivity contribution in [2.24, 2.45) is 11.8 Å². The van der Waals surface area contributed by atoms with Crippen LogP contribution in [-0.4, -0.2) is 32.3 Å². The molecule has 0 N–H and O–H groups in total. The molecule has 3 atom stereocenters. The van der Waals surface area contributed by atoms with Gasteiger partial charge < -0.3 is 9.47 Å². The molecule has 0 aromatic rings. The maximum absolute atomic E-state index is 6.19. The van der Waals surface area contributed by atoms with Crippen LogP contribution in [0.5, 0.6) is 0 Å². The van der Waals surface area contributed by atoms with Gasteiger partial charge in [-0.05, 0) is 37.5 Å². The van der Waals surface area contributed by atoms with Gasteiger partial charge in [0, 0.05) is 19.1 Å². The molecule has 0 aromatic carbocycles. The molecule has 1 aliphatic rings. The molecule has 0 aromatic heterocycles. The molecule has 1 aliphatic carbocycles. The molecule has 15 heavy (non-hydrogen) atoms. The third kappa shape index (κ3) is 4.71. The van der Waals surface area contributed by atoms with Gasteiger partial charge >= 0.3 is 0 Å². The van der Waals surface area contributed by atoms with Crippen LogP contribution < -0.4 is 0 Å². The molecule has 0 spiro atoms. The van der Waals surface area contributed by atoms with Crippen LogP contribution in [0.1, 0.15) is 32.6 Å². The maximum Gasteiger partial charge on any atom is 0.0700 e. The first-order chi connectivity index (χ1) is 7.25. The summed E-state index contributed by atoms with van der Waals surface area (Å²) in [4.78, 5) is 0. The van der Waals surface area contributed by atoms with E-state index in [9.17, 15) is 0 Å². The van der Waals surface area contributed by atoms with E-state index in [1.54, 1.807) is 7.11 Å². The van der Waals surface area contributed by atoms with Gasteiger partial charge in [0.1, 0.15) is 0 Å². The van der Waals surface area contributed by atoms with Crippen LogP contribution in [0.2, 0.25) is 0 Å². The Morgan fingerprint density at radius 2 is 2.00 bits per heavy atom. The monoisotopic (exact) mass is 234 g/mol. The predicted molar refractivity (Wildman–Crippen MR) is 63.5 cm³/mol. The highest BCUT2D eigenvalue weighted by Gasteiger charge is 2.30. The number of alkyl halides is 1. The van der Waals surface area contributed by atoms with Crippen molar-refractivity contribution in [3.8, 4) is 0 Å². The highest BCUT2D eigenvalue weighted by Crippen LogP contribution is 2.37. The van der Waals surface area contributed by atoms with E-state index in [1.165, 1.54) is 19.3 Å². The second kappa shape index (κ2) is 7.48. The second-order valence-electron chi connectivity index (χ2n) is 4.46. The molecule has 90 valence electrons. The van der Waals surface area contributed by atoms with E-state index in [-0.39, 0.29) is 0 Å². The Labute approximate surface area is 98.3 Å². The zero-order valence-corrected chi connectivity index (χ0v) is 10.6. The molecular formula is C12H23ClO2. The normalized spacial score (nSPS) is 31.0. The summed E-state index contributed by atoms with van der Waals surface area (Å²) >= 11 is 6.19. The molecule has 3 heteroatoms. The fourth-order valence-electron chi connectivity index (χ4n) is 2.29. The lowest BCUT2D eigenvalue weighted by Gasteiger charge is -2.16. The van der Waals surface area contributed by atoms with Crippen LogP contribution in [0.3, 0.4) is 0 Å². The first-order valence-electron chi connectivity index (χ1n) is 5.96. The van der Waals surface area contributed by atoms with Crippen molar-refractivity contribution in [2.75, 3.05) is 26.9 Å². The fraction of sp³-hybridized carbons (Fsp3) is 1.00. The molecule has 0 bridgehead atoms. The minimum Gasteiger partial charge on any atom is -0.382 e. The van der Waals surface area contributed by atoms with Gasteiger partial charge in [-0.25, -0.2) is 0 Å². The summed E-state index contributed by atoms with van der Waals surface area (Å²) in [6.45, 7) is 4.55. The molecule has 2 nitrogen and oxygen atoms in total. The minimum atomic E-state index is 0.407. The lowest BCUT2D eigenvalue weighted by Crippen LogP contribution is -2.12. The summed E-state index contributed by atoms with van der Waals surface area (Å²) in [6.07, 6.45) is 4.91. The van der Waals surface area contributed by atoms with Crippen molar-refractivity contribution in [2.45, 2.75) is 38.0 Å². The van der Waals surface area contributed by atoms with Crippen molar-refractivity contribution in [1.29, 1.82) is 0 Å². The Balaban J connectivity index is 1.96. The quantitative estimate of drug-likeness (QED) is 0.498. The van der Waals surface area contributed by atoms with E-state index < -0.39 is 0 Å². The summed E-state index contributed by atoms with van der Waals surface area (Å²) < 4.78 is 10.3. The van der Waals surface area contributed by atoms with E-state index >= 15 is 0 Å². The number of halogens is 1. The van der Waals surface area contributed by atoms with Crippen LogP contribution in [0.4, 0.5) is 0 Å². The zero-order valence-electron chi connectivity index (χ0n) is 9.88. The molecule has 0 heterocycles. The Morgan fingerprint density at radius 3 is 2.60 bits per heavy atom. The SMILES string of the molecule is COCCOCCCC1CCC(Cl)C1C. The topological polar surface area (TPSA) is 18.5 Å². The molecule has 0 amide bonds. The van der Waals surface area contributed by atoms with Gasteiger partial charge in [0.15, 0.2) is 0 Å². The van der Waals surface area contributed by atoms with Crippen LogP contribution >= 0.6 is 11.6 Å². The second-order valence-corrected chi connectivity index (χ2v) is 5.02. The largest absolute Gasteiger partial charge is 0.382 e. The van der Waals surface area contributed by atoms with Gasteiger partial charge in [0.05, 0.1) is 13.2 Å². The van der Waals surface area contributed by atoms with E-state index in [4.69, 9.17) is 21.1 Å². The summed E-state index contributed by atoms with van der Waals surface area (Å²) in [6, 6.07) is 0. The van der Waals surface area contributed by atoms with E-state index in [0.29, 0.717) is 17.9 Å². The van der Waals surface area contributed by atoms with Crippen LogP contribution in [0, 0.1) is 11.8 Å². The standard InChI is InChI=1S/C12H23ClO2/c1-10-11(5-6-12(10)13)4-3-7-15-9-8-14-2/h10-12H,3-9H2,1-2H3. The Morgan fingerprint density at radius 1 is 1.20 bits per heavy atom. The number of methoxy groups -OCH3 is 1. The van der Waals surface area contributed by atoms with Crippen LogP contribution in [0.15, 0.2) is 0 Å². The predicted octanol–water partition coefficient (Wildman–Crippen LogP) is 3.08. The molecule has 1 saturated carbocycles. The molecule has 1 fully saturated rings. The smallest absolute Gasteiger partial charge is 0.0700 e. The number of hydrogen-bond donors (Lipinski definition) is 0. The van der Waals surface area contributed by atoms with Gasteiger partial charge in [-0.3, -0.25) is 0 Å². The van der Waals surface area contributed by atoms with Crippen molar-refractivity contribution in [1.82, 2.24) is 0 Å². The lowest BCUT2D eigenvalue weighted by atomic mass is 9.93. The molecule has 0 radical (unpaired) electrons. The highest BCUT2D eigenvalue weighted by molar-refractivity contribution is 6.20. The van der Waals surface area contributed by atoms with Gasteiger partial charge in [-0.1, -0.05) is 6.92 Å². The molecule has 1 rings (SSSR count). The molecule has 0 aliphatic heterocycles. The summed E-state index contributed by atoms with van der Waals surface area (Å²) in [5.41, 5.74) is 0. The average molecular weight is 235 g/mol. The Hall–Kier alpha value is 0.210. The average Bonchev–Trinajstić information content (AvgIpc) is 2.54. The lowest BCUT2D eigenvalue weighted by molar-refractivity contribution is 0.0666. The van der Waals surface area contributed by atoms with Crippen molar-refractivity contribution in [3.05, 3.63) is 0 Å². The number of ether oxygens (including phenoxy) is 2. The van der Waals surface area contributed by atoms with Gasteiger partial charge in [0.25, 0.3) is 0 Å². The first kappa shape index (κ1) is 13.3. The molecule has 0 saturated heterocycles. The molecular weight excluding hydrogens is 212 g/mol. The Bertz CT molecular complexity index is 164. The fourth-order valence-corrected chi connectivity index (χ4v) is 2.63. The van der Waals surface area contributed by atoms with E-state index in [0.717, 1.165) is 25.6 Å². The number of hydrogen-bond acceptors (Lipinski definition) is 2. The Kier molecular flexibility index (Phi) is 6.62. The third-order valence-electron chi connectivity index (χ3n) is 3.42. The summed E-state index contributed by atoms with van der Waals surface area (Å²) in [5.74, 6) is 1.50. The van der Waals surface area contributed by atoms with E-state index in [2.05, 4.69) is 6.92 Å². The van der Waals surface area contributed by atoms with Gasteiger partial charge in [0.2, 0.25) is 0 Å². The maximum atomic E-state index is 6.19. The highest BCUT2D eigenvalue weighted by atomic mass is 35.5. The summed E-state index contributed by atoms with van der Waals surface area (Å²) in [7, 11) is 1.70. The van der Waals surface area contributed by atoms with E-state index in [1.807, 2.05) is 0 Å². The third-order valence-corrected chi connectivity index (χ3v) is 4.04. The van der Waals surface area contributed by atoms with Gasteiger partial charge in [-0.15, -0.1) is 11.6 Å². The first-order valence-corrected chi connectivity index (χ1v) is 6.40. The summed E-state index contributed by atoms with van der Waals surface area (Å²) in [5, 5.41) is 0.407. The van der Waals surface area contributed by atoms with Crippen LogP contribution in [-0.2, 0) is 9.47 Å². The van der Waals surface area contributed by atoms with Gasteiger partial charge in [-0.2, -0.15) is 0 Å². The van der Waals surface area contributed by atoms with Crippen molar-refractivity contribution in [3.63, 3.8) is 0 Å². The number of rotatable bonds is 7. The zero-order chi connectivity index (χ0) is 11.1. The minimum absolute atomic E-state index is 0.407. The van der Waals surface area contributed by atoms with Crippen LogP contribution in [0.25, 0.3) is 0 Å². The van der Waals surface area contributed by atoms with Crippen molar-refractivity contribution < 1.29 is 9.47 Å². The molecule has 3 unspecified atom stereocenters. The van der Waals surface area contributed by atoms with Crippen molar-refractivity contribution >= 4 is 11.6 Å².